The summed E-state index contributed by atoms with van der Waals surface area (Å²) in [5.41, 5.74) is 5.11. The summed E-state index contributed by atoms with van der Waals surface area (Å²) in [6.45, 7) is -1.01. The molecule has 0 saturated carbocycles. The number of nitrogens with two attached hydrogens (primary N) is 1. The maximum Gasteiger partial charge on any atom is 0.472 e. The number of carbonyl (C=O) groups is 2. The maximum absolute atomic E-state index is 11.4. The Labute approximate surface area is 145 Å². The molecule has 0 saturated heterocycles. The summed E-state index contributed by atoms with van der Waals surface area (Å²) in [5, 5.41) is 26.5. The summed E-state index contributed by atoms with van der Waals surface area (Å²) >= 11 is 0. The Hall–Kier alpha value is -1.07. The minimum absolute atomic E-state index is 0.121. The van der Waals surface area contributed by atoms with Gasteiger partial charge in [-0.25, -0.2) is 4.57 Å². The van der Waals surface area contributed by atoms with E-state index < -0.39 is 45.1 Å². The van der Waals surface area contributed by atoms with Gasteiger partial charge in [0, 0.05) is 13.0 Å². The number of aliphatic carboxylic acids is 2. The lowest BCUT2D eigenvalue weighted by Crippen LogP contribution is -2.34. The summed E-state index contributed by atoms with van der Waals surface area (Å²) < 4.78 is 25.5. The SMILES string of the molecule is N[C@@H](COP(=O)(O)OC[C@H](O)COCCCCCCC(=O)O)C(=O)O. The Morgan fingerprint density at radius 2 is 1.60 bits per heavy atom. The van der Waals surface area contributed by atoms with Gasteiger partial charge in [0.05, 0.1) is 19.8 Å². The minimum Gasteiger partial charge on any atom is -0.481 e. The van der Waals surface area contributed by atoms with Gasteiger partial charge in [-0.15, -0.1) is 0 Å². The number of unbranched alkanes of at least 4 members (excludes halogenated alkanes) is 3. The average Bonchev–Trinajstić information content (AvgIpc) is 2.53. The normalized spacial score (nSPS) is 16.1. The standard InChI is InChI=1S/C13H26NO10P/c14-11(13(18)19)9-24-25(20,21)23-8-10(15)7-22-6-4-2-1-3-5-12(16)17/h10-11,15H,1-9,14H2,(H,16,17)(H,18,19)(H,20,21)/t10-,11+/m1/s1. The lowest BCUT2D eigenvalue weighted by atomic mass is 10.1. The lowest BCUT2D eigenvalue weighted by Gasteiger charge is -2.16. The average molecular weight is 387 g/mol. The molecule has 3 atom stereocenters. The molecular weight excluding hydrogens is 361 g/mol. The summed E-state index contributed by atoms with van der Waals surface area (Å²) in [5.74, 6) is -2.22. The van der Waals surface area contributed by atoms with Crippen LogP contribution in [0, 0.1) is 0 Å². The number of ether oxygens (including phenoxy) is 1. The van der Waals surface area contributed by atoms with Crippen molar-refractivity contribution in [3.8, 4) is 0 Å². The molecule has 0 aliphatic heterocycles. The second-order valence-corrected chi connectivity index (χ2v) is 6.75. The second kappa shape index (κ2) is 13.2. The van der Waals surface area contributed by atoms with Crippen molar-refractivity contribution in [2.24, 2.45) is 5.73 Å². The van der Waals surface area contributed by atoms with Gasteiger partial charge in [-0.1, -0.05) is 12.8 Å². The molecule has 6 N–H and O–H groups in total. The molecule has 1 unspecified atom stereocenters. The number of hydrogen-bond donors (Lipinski definition) is 5. The van der Waals surface area contributed by atoms with Crippen molar-refractivity contribution in [2.75, 3.05) is 26.4 Å². The van der Waals surface area contributed by atoms with Gasteiger partial charge in [0.15, 0.2) is 0 Å². The van der Waals surface area contributed by atoms with Gasteiger partial charge < -0.3 is 30.7 Å². The van der Waals surface area contributed by atoms with Crippen LogP contribution < -0.4 is 5.73 Å². The van der Waals surface area contributed by atoms with Crippen LogP contribution in [-0.2, 0) is 27.9 Å². The molecule has 0 rings (SSSR count). The Morgan fingerprint density at radius 1 is 1.00 bits per heavy atom. The van der Waals surface area contributed by atoms with Crippen molar-refractivity contribution in [3.05, 3.63) is 0 Å². The van der Waals surface area contributed by atoms with Gasteiger partial charge in [0.25, 0.3) is 0 Å². The third-order valence-electron chi connectivity index (χ3n) is 2.90. The summed E-state index contributed by atoms with van der Waals surface area (Å²) in [6.07, 6.45) is 1.83. The van der Waals surface area contributed by atoms with Crippen LogP contribution in [-0.4, -0.2) is 70.7 Å². The molecule has 0 aromatic rings. The van der Waals surface area contributed by atoms with Gasteiger partial charge in [-0.05, 0) is 12.8 Å². The Kier molecular flexibility index (Phi) is 12.6. The van der Waals surface area contributed by atoms with E-state index in [0.717, 1.165) is 12.8 Å². The fourth-order valence-corrected chi connectivity index (χ4v) is 2.35. The van der Waals surface area contributed by atoms with E-state index in [1.165, 1.54) is 0 Å². The van der Waals surface area contributed by atoms with Gasteiger partial charge in [0.1, 0.15) is 12.1 Å². The van der Waals surface area contributed by atoms with Crippen LogP contribution in [0.15, 0.2) is 0 Å². The first kappa shape index (κ1) is 23.9. The topological polar surface area (TPSA) is 186 Å². The molecular formula is C13H26NO10P. The third-order valence-corrected chi connectivity index (χ3v) is 3.85. The maximum atomic E-state index is 11.4. The highest BCUT2D eigenvalue weighted by Crippen LogP contribution is 2.43. The second-order valence-electron chi connectivity index (χ2n) is 5.29. The van der Waals surface area contributed by atoms with E-state index >= 15 is 0 Å². The molecule has 25 heavy (non-hydrogen) atoms. The van der Waals surface area contributed by atoms with Crippen LogP contribution in [0.4, 0.5) is 0 Å². The highest BCUT2D eigenvalue weighted by Gasteiger charge is 2.25. The van der Waals surface area contributed by atoms with Crippen LogP contribution in [0.3, 0.4) is 0 Å². The molecule has 0 aromatic carbocycles. The van der Waals surface area contributed by atoms with Gasteiger partial charge in [-0.2, -0.15) is 0 Å². The van der Waals surface area contributed by atoms with Crippen molar-refractivity contribution >= 4 is 19.8 Å². The number of hydrogen-bond acceptors (Lipinski definition) is 8. The van der Waals surface area contributed by atoms with Gasteiger partial charge in [0.2, 0.25) is 0 Å². The zero-order chi connectivity index (χ0) is 19.3. The monoisotopic (exact) mass is 387 g/mol. The number of rotatable bonds is 16. The number of phosphoric ester groups is 1. The van der Waals surface area contributed by atoms with Crippen molar-refractivity contribution in [1.29, 1.82) is 0 Å². The summed E-state index contributed by atoms with van der Waals surface area (Å²) in [7, 11) is -4.51. The predicted molar refractivity (Wildman–Crippen MR) is 84.9 cm³/mol. The molecule has 0 fully saturated rings. The molecule has 0 radical (unpaired) electrons. The minimum atomic E-state index is -4.51. The summed E-state index contributed by atoms with van der Waals surface area (Å²) in [4.78, 5) is 30.0. The number of aliphatic hydroxyl groups is 1. The predicted octanol–water partition coefficient (Wildman–Crippen LogP) is -0.0555. The number of carboxylic acid groups (broad SMARTS) is 2. The number of carboxylic acids is 2. The summed E-state index contributed by atoms with van der Waals surface area (Å²) in [6, 6.07) is -1.46. The van der Waals surface area contributed by atoms with Gasteiger partial charge in [-0.3, -0.25) is 18.6 Å². The molecule has 0 aliphatic rings. The van der Waals surface area contributed by atoms with Crippen LogP contribution >= 0.6 is 7.82 Å². The zero-order valence-electron chi connectivity index (χ0n) is 13.8. The van der Waals surface area contributed by atoms with Crippen LogP contribution in [0.2, 0.25) is 0 Å². The first-order valence-corrected chi connectivity index (χ1v) is 9.21. The molecule has 0 heterocycles. The fraction of sp³-hybridized carbons (Fsp3) is 0.846. The number of aliphatic hydroxyl groups excluding tert-OH is 1. The number of phosphoric acid groups is 1. The zero-order valence-corrected chi connectivity index (χ0v) is 14.7. The van der Waals surface area contributed by atoms with E-state index in [1.54, 1.807) is 0 Å². The smallest absolute Gasteiger partial charge is 0.472 e. The van der Waals surface area contributed by atoms with Crippen LogP contribution in [0.1, 0.15) is 32.1 Å². The molecule has 148 valence electrons. The van der Waals surface area contributed by atoms with E-state index in [9.17, 15) is 24.2 Å². The van der Waals surface area contributed by atoms with Crippen LogP contribution in [0.5, 0.6) is 0 Å². The highest BCUT2D eigenvalue weighted by atomic mass is 31.2. The van der Waals surface area contributed by atoms with Crippen molar-refractivity contribution in [3.63, 3.8) is 0 Å². The Morgan fingerprint density at radius 3 is 2.20 bits per heavy atom. The molecule has 12 heteroatoms. The quantitative estimate of drug-likeness (QED) is 0.176. The first-order valence-electron chi connectivity index (χ1n) is 7.72. The largest absolute Gasteiger partial charge is 0.481 e. The highest BCUT2D eigenvalue weighted by molar-refractivity contribution is 7.47. The Balaban J connectivity index is 3.68. The van der Waals surface area contributed by atoms with E-state index in [2.05, 4.69) is 9.05 Å². The molecule has 11 nitrogen and oxygen atoms in total. The van der Waals surface area contributed by atoms with Crippen molar-refractivity contribution in [1.82, 2.24) is 0 Å². The van der Waals surface area contributed by atoms with Crippen molar-refractivity contribution < 1.29 is 48.2 Å². The van der Waals surface area contributed by atoms with Crippen molar-refractivity contribution in [2.45, 2.75) is 44.2 Å². The van der Waals surface area contributed by atoms with E-state index in [4.69, 9.17) is 20.7 Å². The van der Waals surface area contributed by atoms with Gasteiger partial charge >= 0.3 is 19.8 Å². The van der Waals surface area contributed by atoms with E-state index in [-0.39, 0.29) is 13.0 Å². The lowest BCUT2D eigenvalue weighted by molar-refractivity contribution is -0.139. The van der Waals surface area contributed by atoms with Crippen LogP contribution in [0.25, 0.3) is 0 Å². The molecule has 0 aromatic heterocycles. The molecule has 0 aliphatic carbocycles. The molecule has 0 bridgehead atoms. The van der Waals surface area contributed by atoms with E-state index in [0.29, 0.717) is 19.4 Å². The fourth-order valence-electron chi connectivity index (χ4n) is 1.56. The molecule has 0 spiro atoms. The third kappa shape index (κ3) is 14.9. The Bertz CT molecular complexity index is 447. The van der Waals surface area contributed by atoms with E-state index in [1.807, 2.05) is 0 Å². The molecule has 0 amide bonds. The first-order chi connectivity index (χ1) is 11.6.